The largest absolute Gasteiger partial charge is 0.460 e. The van der Waals surface area contributed by atoms with E-state index in [0.29, 0.717) is 156 Å². The van der Waals surface area contributed by atoms with Gasteiger partial charge in [-0.3, -0.25) is 14.4 Å². The van der Waals surface area contributed by atoms with E-state index in [-0.39, 0.29) is 30.0 Å². The van der Waals surface area contributed by atoms with Crippen molar-refractivity contribution in [1.82, 2.24) is 20.2 Å². The van der Waals surface area contributed by atoms with Gasteiger partial charge in [-0.1, -0.05) is 0 Å². The third-order valence-electron chi connectivity index (χ3n) is 7.39. The highest BCUT2D eigenvalue weighted by molar-refractivity contribution is 9.10. The number of ether oxygens (including phenoxy) is 11. The van der Waals surface area contributed by atoms with Gasteiger partial charge >= 0.3 is 5.97 Å². The van der Waals surface area contributed by atoms with E-state index >= 15 is 0 Å². The van der Waals surface area contributed by atoms with Crippen LogP contribution in [0.2, 0.25) is 0 Å². The highest BCUT2D eigenvalue weighted by Gasteiger charge is 2.35. The first kappa shape index (κ1) is 49.7. The smallest absolute Gasteiger partial charge is 0.308 e. The molecule has 1 saturated heterocycles. The molecule has 0 saturated carbocycles. The van der Waals surface area contributed by atoms with Gasteiger partial charge in [0.2, 0.25) is 11.7 Å². The molecule has 1 aromatic rings. The second kappa shape index (κ2) is 32.5. The Kier molecular flexibility index (Phi) is 28.9. The van der Waals surface area contributed by atoms with Crippen LogP contribution >= 0.6 is 15.9 Å². The van der Waals surface area contributed by atoms with Gasteiger partial charge in [0.1, 0.15) is 11.6 Å². The van der Waals surface area contributed by atoms with Crippen LogP contribution in [0.1, 0.15) is 50.7 Å². The molecule has 1 fully saturated rings. The fraction of sp³-hybridized carbons (Fsp3) is 0.811. The molecule has 0 aromatic carbocycles. The summed E-state index contributed by atoms with van der Waals surface area (Å²) in [5.41, 5.74) is -0.483. The number of rotatable bonds is 35. The first-order valence-electron chi connectivity index (χ1n) is 19.2. The van der Waals surface area contributed by atoms with Gasteiger partial charge in [-0.2, -0.15) is 0 Å². The maximum absolute atomic E-state index is 12.7. The van der Waals surface area contributed by atoms with Crippen LogP contribution < -0.4 is 5.32 Å². The fourth-order valence-electron chi connectivity index (χ4n) is 4.83. The number of amides is 2. The van der Waals surface area contributed by atoms with Crippen molar-refractivity contribution >= 4 is 33.7 Å². The molecule has 1 aliphatic heterocycles. The van der Waals surface area contributed by atoms with Crippen LogP contribution in [0.15, 0.2) is 16.9 Å². The lowest BCUT2D eigenvalue weighted by Crippen LogP contribution is -2.47. The highest BCUT2D eigenvalue weighted by Crippen LogP contribution is 2.19. The van der Waals surface area contributed by atoms with E-state index in [2.05, 4.69) is 31.2 Å². The maximum atomic E-state index is 12.7. The summed E-state index contributed by atoms with van der Waals surface area (Å²) in [5, 5.41) is 2.84. The summed E-state index contributed by atoms with van der Waals surface area (Å²) in [4.78, 5) is 46.6. The van der Waals surface area contributed by atoms with Gasteiger partial charge in [-0.05, 0) is 49.5 Å². The summed E-state index contributed by atoms with van der Waals surface area (Å²) in [6.45, 7) is 15.1. The third kappa shape index (κ3) is 26.5. The molecule has 1 N–H and O–H groups in total. The maximum Gasteiger partial charge on any atom is 0.308 e. The summed E-state index contributed by atoms with van der Waals surface area (Å²) in [6.07, 6.45) is 4.58. The number of esters is 1. The molecule has 0 bridgehead atoms. The number of carbonyl (C=O) groups excluding carboxylic acids is 3. The summed E-state index contributed by atoms with van der Waals surface area (Å²) in [6, 6.07) is -0.540. The van der Waals surface area contributed by atoms with E-state index in [9.17, 15) is 14.4 Å². The van der Waals surface area contributed by atoms with E-state index in [1.807, 2.05) is 20.8 Å². The number of nitrogens with zero attached hydrogens (tertiary/aromatic N) is 3. The Morgan fingerprint density at radius 1 is 0.643 bits per heavy atom. The molecule has 18 nitrogen and oxygen atoms in total. The average molecular weight is 868 g/mol. The molecular weight excluding hydrogens is 804 g/mol. The first-order valence-corrected chi connectivity index (χ1v) is 20.0. The van der Waals surface area contributed by atoms with Crippen LogP contribution in [0.5, 0.6) is 0 Å². The second-order valence-electron chi connectivity index (χ2n) is 13.1. The van der Waals surface area contributed by atoms with Crippen molar-refractivity contribution in [3.63, 3.8) is 0 Å². The molecule has 56 heavy (non-hydrogen) atoms. The minimum Gasteiger partial charge on any atom is -0.460 e. The minimum absolute atomic E-state index is 0.0727. The van der Waals surface area contributed by atoms with Crippen molar-refractivity contribution in [2.24, 2.45) is 0 Å². The number of halogens is 1. The Bertz CT molecular complexity index is 1170. The van der Waals surface area contributed by atoms with Gasteiger partial charge in [-0.15, -0.1) is 0 Å². The van der Waals surface area contributed by atoms with E-state index in [1.165, 1.54) is 17.3 Å². The lowest BCUT2D eigenvalue weighted by atomic mass is 10.2. The topological polar surface area (TPSA) is 194 Å². The molecule has 1 aliphatic rings. The number of likely N-dealkylation sites (tertiary alicyclic amines) is 1. The Labute approximate surface area is 339 Å². The first-order chi connectivity index (χ1) is 27.2. The Morgan fingerprint density at radius 3 is 1.41 bits per heavy atom. The van der Waals surface area contributed by atoms with E-state index in [0.717, 1.165) is 6.42 Å². The molecule has 0 unspecified atom stereocenters. The fourth-order valence-corrected chi connectivity index (χ4v) is 5.03. The molecule has 19 heteroatoms. The van der Waals surface area contributed by atoms with Crippen molar-refractivity contribution in [1.29, 1.82) is 0 Å². The van der Waals surface area contributed by atoms with Gasteiger partial charge in [0.15, 0.2) is 0 Å². The summed E-state index contributed by atoms with van der Waals surface area (Å²) < 4.78 is 60.6. The Balaban J connectivity index is 1.22. The number of hydrogen-bond acceptors (Lipinski definition) is 16. The molecule has 2 heterocycles. The van der Waals surface area contributed by atoms with Crippen LogP contribution in [-0.4, -0.2) is 190 Å². The lowest BCUT2D eigenvalue weighted by Gasteiger charge is -2.23. The van der Waals surface area contributed by atoms with Gasteiger partial charge in [0, 0.05) is 25.5 Å². The summed E-state index contributed by atoms with van der Waals surface area (Å²) >= 11 is 3.25. The monoisotopic (exact) mass is 866 g/mol. The molecule has 1 atom stereocenters. The molecule has 0 radical (unpaired) electrons. The van der Waals surface area contributed by atoms with E-state index in [1.54, 1.807) is 0 Å². The number of aromatic nitrogens is 2. The van der Waals surface area contributed by atoms with Gasteiger partial charge in [-0.25, -0.2) is 9.97 Å². The van der Waals surface area contributed by atoms with Crippen molar-refractivity contribution in [3.8, 4) is 0 Å². The Hall–Kier alpha value is -2.43. The van der Waals surface area contributed by atoms with Crippen molar-refractivity contribution in [2.75, 3.05) is 145 Å². The van der Waals surface area contributed by atoms with Crippen LogP contribution in [0.4, 0.5) is 0 Å². The zero-order valence-electron chi connectivity index (χ0n) is 33.3. The molecular formula is C37H63BrN4O14. The van der Waals surface area contributed by atoms with Crippen LogP contribution in [-0.2, 0) is 61.7 Å². The molecule has 2 amide bonds. The number of carbonyl (C=O) groups is 3. The van der Waals surface area contributed by atoms with Crippen LogP contribution in [0, 0.1) is 0 Å². The third-order valence-corrected chi connectivity index (χ3v) is 7.80. The van der Waals surface area contributed by atoms with Crippen molar-refractivity contribution in [2.45, 2.75) is 51.7 Å². The van der Waals surface area contributed by atoms with Crippen LogP contribution in [0.25, 0.3) is 0 Å². The number of nitrogens with one attached hydrogen (secondary N) is 1. The normalized spacial score (nSPS) is 14.4. The molecule has 0 spiro atoms. The molecule has 1 aromatic heterocycles. The highest BCUT2D eigenvalue weighted by atomic mass is 79.9. The minimum atomic E-state index is -0.540. The molecule has 322 valence electrons. The zero-order valence-corrected chi connectivity index (χ0v) is 34.9. The molecule has 0 aliphatic carbocycles. The van der Waals surface area contributed by atoms with E-state index in [4.69, 9.17) is 52.1 Å². The van der Waals surface area contributed by atoms with Gasteiger partial charge in [0.25, 0.3) is 5.91 Å². The van der Waals surface area contributed by atoms with Gasteiger partial charge in [0.05, 0.1) is 143 Å². The predicted molar refractivity (Wildman–Crippen MR) is 205 cm³/mol. The zero-order chi connectivity index (χ0) is 40.5. The standard InChI is InChI=1S/C37H63BrN4O14/c1-37(2,3)56-33(43)6-9-46-11-13-48-15-17-50-19-21-52-23-25-54-27-28-55-26-24-53-22-20-51-18-16-49-14-12-47-10-7-39-35(44)32-5-4-8-42(32)36(45)34-40-29-31(38)30-41-34/h29-30,32H,4-28H2,1-3H3,(H,39,44)/t32-/m0/s1. The predicted octanol–water partition coefficient (Wildman–Crippen LogP) is 1.86. The quantitative estimate of drug-likeness (QED) is 0.0767. The Morgan fingerprint density at radius 2 is 1.02 bits per heavy atom. The van der Waals surface area contributed by atoms with Crippen molar-refractivity contribution in [3.05, 3.63) is 22.7 Å². The second-order valence-corrected chi connectivity index (χ2v) is 14.0. The lowest BCUT2D eigenvalue weighted by molar-refractivity contribution is -0.156. The van der Waals surface area contributed by atoms with Gasteiger partial charge < -0.3 is 62.3 Å². The summed E-state index contributed by atoms with van der Waals surface area (Å²) in [5.74, 6) is -0.759. The molecule has 2 rings (SSSR count). The van der Waals surface area contributed by atoms with Crippen LogP contribution in [0.3, 0.4) is 0 Å². The SMILES string of the molecule is CC(C)(C)OC(=O)CCOCCOCCOCCOCCOCCOCCOCCOCCOCCOCCNC(=O)[C@@H]1CCCN1C(=O)c1ncc(Br)cn1. The summed E-state index contributed by atoms with van der Waals surface area (Å²) in [7, 11) is 0. The average Bonchev–Trinajstić information content (AvgIpc) is 3.66. The number of hydrogen-bond donors (Lipinski definition) is 1. The van der Waals surface area contributed by atoms with Crippen molar-refractivity contribution < 1.29 is 66.5 Å². The van der Waals surface area contributed by atoms with E-state index < -0.39 is 11.6 Å².